The first-order chi connectivity index (χ1) is 9.99. The van der Waals surface area contributed by atoms with Crippen molar-refractivity contribution < 1.29 is 4.79 Å². The smallest absolute Gasteiger partial charge is 0.264 e. The Morgan fingerprint density at radius 3 is 2.95 bits per heavy atom. The van der Waals surface area contributed by atoms with Gasteiger partial charge in [-0.1, -0.05) is 13.8 Å². The fraction of sp³-hybridized carbons (Fsp3) is 0.600. The summed E-state index contributed by atoms with van der Waals surface area (Å²) in [6.07, 6.45) is 0. The fourth-order valence-corrected chi connectivity index (χ4v) is 3.92. The number of nitrogens with zero attached hydrogens (tertiary/aromatic N) is 3. The Kier molecular flexibility index (Phi) is 3.75. The van der Waals surface area contributed by atoms with E-state index in [1.165, 1.54) is 0 Å². The second-order valence-electron chi connectivity index (χ2n) is 6.04. The summed E-state index contributed by atoms with van der Waals surface area (Å²) in [6, 6.07) is 2.28. The van der Waals surface area contributed by atoms with Gasteiger partial charge < -0.3 is 10.2 Å². The second-order valence-corrected chi connectivity index (χ2v) is 7.08. The van der Waals surface area contributed by atoms with Crippen LogP contribution in [0.2, 0.25) is 0 Å². The number of aromatic nitrogens is 2. The fourth-order valence-electron chi connectivity index (χ4n) is 2.88. The van der Waals surface area contributed by atoms with Crippen LogP contribution in [0.3, 0.4) is 0 Å². The Labute approximate surface area is 128 Å². The minimum atomic E-state index is 0.153. The van der Waals surface area contributed by atoms with Crippen molar-refractivity contribution in [2.45, 2.75) is 32.7 Å². The monoisotopic (exact) mass is 306 g/mol. The molecule has 114 valence electrons. The van der Waals surface area contributed by atoms with Crippen molar-refractivity contribution in [3.05, 3.63) is 16.6 Å². The first-order valence-corrected chi connectivity index (χ1v) is 8.28. The molecule has 1 aliphatic heterocycles. The number of aryl methyl sites for hydroxylation is 1. The first kappa shape index (κ1) is 14.5. The maximum absolute atomic E-state index is 12.7. The van der Waals surface area contributed by atoms with Crippen LogP contribution in [0.15, 0.2) is 6.07 Å². The van der Waals surface area contributed by atoms with Crippen molar-refractivity contribution in [2.75, 3.05) is 19.6 Å². The third-order valence-electron chi connectivity index (χ3n) is 4.06. The SMILES string of the molecule is CC(C)c1nn(C)c2sc(C(=O)N3CCNCC3C)cc12. The van der Waals surface area contributed by atoms with Gasteiger partial charge in [-0.15, -0.1) is 11.3 Å². The van der Waals surface area contributed by atoms with E-state index in [1.807, 2.05) is 22.7 Å². The molecule has 1 fully saturated rings. The van der Waals surface area contributed by atoms with Gasteiger partial charge in [-0.2, -0.15) is 5.10 Å². The summed E-state index contributed by atoms with van der Waals surface area (Å²) in [7, 11) is 1.95. The van der Waals surface area contributed by atoms with Crippen molar-refractivity contribution in [3.63, 3.8) is 0 Å². The zero-order chi connectivity index (χ0) is 15.1. The quantitative estimate of drug-likeness (QED) is 0.925. The van der Waals surface area contributed by atoms with E-state index in [0.717, 1.165) is 40.4 Å². The van der Waals surface area contributed by atoms with Gasteiger partial charge in [-0.05, 0) is 18.9 Å². The third kappa shape index (κ3) is 2.46. The molecule has 5 nitrogen and oxygen atoms in total. The minimum absolute atomic E-state index is 0.153. The van der Waals surface area contributed by atoms with Crippen LogP contribution in [-0.2, 0) is 7.05 Å². The summed E-state index contributed by atoms with van der Waals surface area (Å²) in [5.41, 5.74) is 1.08. The van der Waals surface area contributed by atoms with E-state index in [2.05, 4.69) is 31.2 Å². The van der Waals surface area contributed by atoms with Crippen LogP contribution in [0.5, 0.6) is 0 Å². The Bertz CT molecular complexity index is 673. The number of hydrogen-bond donors (Lipinski definition) is 1. The molecule has 0 aliphatic carbocycles. The van der Waals surface area contributed by atoms with Crippen LogP contribution >= 0.6 is 11.3 Å². The molecule has 1 N–H and O–H groups in total. The van der Waals surface area contributed by atoms with Gasteiger partial charge in [-0.25, -0.2) is 0 Å². The van der Waals surface area contributed by atoms with Crippen molar-refractivity contribution >= 4 is 27.5 Å². The van der Waals surface area contributed by atoms with E-state index in [9.17, 15) is 4.79 Å². The first-order valence-electron chi connectivity index (χ1n) is 7.47. The van der Waals surface area contributed by atoms with E-state index in [-0.39, 0.29) is 11.9 Å². The standard InChI is InChI=1S/C15H22N4OS/c1-9(2)13-11-7-12(21-15(11)18(4)17-13)14(20)19-6-5-16-8-10(19)3/h7,9-10,16H,5-6,8H2,1-4H3. The maximum atomic E-state index is 12.7. The highest BCUT2D eigenvalue weighted by Crippen LogP contribution is 2.32. The number of nitrogens with one attached hydrogen (secondary N) is 1. The molecule has 0 radical (unpaired) electrons. The predicted octanol–water partition coefficient (Wildman–Crippen LogP) is 2.19. The molecule has 1 saturated heterocycles. The van der Waals surface area contributed by atoms with Crippen LogP contribution in [0.25, 0.3) is 10.2 Å². The van der Waals surface area contributed by atoms with Gasteiger partial charge in [0, 0.05) is 38.1 Å². The summed E-state index contributed by atoms with van der Waals surface area (Å²) in [5, 5.41) is 9.02. The maximum Gasteiger partial charge on any atom is 0.264 e. The lowest BCUT2D eigenvalue weighted by Crippen LogP contribution is -2.52. The Morgan fingerprint density at radius 2 is 2.29 bits per heavy atom. The highest BCUT2D eigenvalue weighted by Gasteiger charge is 2.26. The molecule has 1 atom stereocenters. The van der Waals surface area contributed by atoms with Crippen molar-refractivity contribution in [3.8, 4) is 0 Å². The van der Waals surface area contributed by atoms with Crippen LogP contribution < -0.4 is 5.32 Å². The summed E-state index contributed by atoms with van der Waals surface area (Å²) >= 11 is 1.55. The Hall–Kier alpha value is -1.40. The van der Waals surface area contributed by atoms with E-state index in [0.29, 0.717) is 5.92 Å². The van der Waals surface area contributed by atoms with Crippen LogP contribution in [0.1, 0.15) is 42.1 Å². The lowest BCUT2D eigenvalue weighted by atomic mass is 10.1. The highest BCUT2D eigenvalue weighted by molar-refractivity contribution is 7.20. The molecule has 0 saturated carbocycles. The Balaban J connectivity index is 1.97. The topological polar surface area (TPSA) is 50.2 Å². The minimum Gasteiger partial charge on any atom is -0.333 e. The van der Waals surface area contributed by atoms with Crippen molar-refractivity contribution in [2.24, 2.45) is 7.05 Å². The lowest BCUT2D eigenvalue weighted by molar-refractivity contribution is 0.0661. The van der Waals surface area contributed by atoms with Crippen LogP contribution in [0.4, 0.5) is 0 Å². The van der Waals surface area contributed by atoms with Crippen molar-refractivity contribution in [1.82, 2.24) is 20.0 Å². The van der Waals surface area contributed by atoms with Crippen LogP contribution in [0, 0.1) is 0 Å². The molecule has 3 heterocycles. The van der Waals surface area contributed by atoms with E-state index < -0.39 is 0 Å². The van der Waals surface area contributed by atoms with Gasteiger partial charge in [0.25, 0.3) is 5.91 Å². The number of hydrogen-bond acceptors (Lipinski definition) is 4. The van der Waals surface area contributed by atoms with Gasteiger partial charge in [-0.3, -0.25) is 9.48 Å². The van der Waals surface area contributed by atoms with Crippen molar-refractivity contribution in [1.29, 1.82) is 0 Å². The van der Waals surface area contributed by atoms with Gasteiger partial charge in [0.05, 0.1) is 10.6 Å². The number of rotatable bonds is 2. The average molecular weight is 306 g/mol. The molecular weight excluding hydrogens is 284 g/mol. The summed E-state index contributed by atoms with van der Waals surface area (Å²) in [5.74, 6) is 0.518. The predicted molar refractivity (Wildman–Crippen MR) is 86.0 cm³/mol. The average Bonchev–Trinajstić information content (AvgIpc) is 2.99. The number of fused-ring (bicyclic) bond motifs is 1. The van der Waals surface area contributed by atoms with Gasteiger partial charge in [0.2, 0.25) is 0 Å². The summed E-state index contributed by atoms with van der Waals surface area (Å²) in [4.78, 5) is 16.6. The molecular formula is C15H22N4OS. The number of carbonyl (C=O) groups excluding carboxylic acids is 1. The Morgan fingerprint density at radius 1 is 1.52 bits per heavy atom. The number of thiophene rings is 1. The molecule has 6 heteroatoms. The highest BCUT2D eigenvalue weighted by atomic mass is 32.1. The zero-order valence-corrected chi connectivity index (χ0v) is 13.8. The molecule has 0 aromatic carbocycles. The van der Waals surface area contributed by atoms with Gasteiger partial charge in [0.1, 0.15) is 4.83 Å². The van der Waals surface area contributed by atoms with Crippen LogP contribution in [-0.4, -0.2) is 46.3 Å². The van der Waals surface area contributed by atoms with E-state index in [4.69, 9.17) is 0 Å². The molecule has 0 spiro atoms. The lowest BCUT2D eigenvalue weighted by Gasteiger charge is -2.33. The molecule has 3 rings (SSSR count). The summed E-state index contributed by atoms with van der Waals surface area (Å²) in [6.45, 7) is 8.90. The van der Waals surface area contributed by atoms with Gasteiger partial charge >= 0.3 is 0 Å². The number of carbonyl (C=O) groups is 1. The number of piperazine rings is 1. The zero-order valence-electron chi connectivity index (χ0n) is 13.0. The molecule has 2 aromatic heterocycles. The summed E-state index contributed by atoms with van der Waals surface area (Å²) < 4.78 is 1.90. The van der Waals surface area contributed by atoms with Gasteiger partial charge in [0.15, 0.2) is 0 Å². The number of amides is 1. The molecule has 1 amide bonds. The normalized spacial score (nSPS) is 19.7. The molecule has 0 bridgehead atoms. The molecule has 1 unspecified atom stereocenters. The molecule has 2 aromatic rings. The molecule has 1 aliphatic rings. The third-order valence-corrected chi connectivity index (χ3v) is 5.25. The second kappa shape index (κ2) is 5.42. The van der Waals surface area contributed by atoms with E-state index >= 15 is 0 Å². The largest absolute Gasteiger partial charge is 0.333 e. The van der Waals surface area contributed by atoms with E-state index in [1.54, 1.807) is 11.3 Å². The molecule has 21 heavy (non-hydrogen) atoms.